The summed E-state index contributed by atoms with van der Waals surface area (Å²) < 4.78 is 5.43. The first-order chi connectivity index (χ1) is 11.1. The number of aromatic nitrogens is 1. The number of pyridine rings is 1. The zero-order chi connectivity index (χ0) is 16.2. The molecule has 0 saturated carbocycles. The number of fused-ring (bicyclic) bond motifs is 2. The molecule has 0 spiro atoms. The van der Waals surface area contributed by atoms with Crippen LogP contribution in [0.1, 0.15) is 0 Å². The molecule has 0 atom stereocenters. The van der Waals surface area contributed by atoms with E-state index >= 15 is 0 Å². The summed E-state index contributed by atoms with van der Waals surface area (Å²) in [6.07, 6.45) is -0.464. The Morgan fingerprint density at radius 2 is 1.91 bits per heavy atom. The molecule has 0 aliphatic heterocycles. The Bertz CT molecular complexity index is 846. The lowest BCUT2D eigenvalue weighted by molar-refractivity contribution is 0.200. The van der Waals surface area contributed by atoms with E-state index < -0.39 is 6.09 Å². The molecule has 1 N–H and O–H groups in total. The van der Waals surface area contributed by atoms with Crippen LogP contribution < -0.4 is 10.1 Å². The van der Waals surface area contributed by atoms with E-state index in [9.17, 15) is 4.79 Å². The zero-order valence-electron chi connectivity index (χ0n) is 13.2. The summed E-state index contributed by atoms with van der Waals surface area (Å²) in [7, 11) is 3.90. The number of likely N-dealkylation sites (N-methyl/N-ethyl adjacent to an activating group) is 1. The summed E-state index contributed by atoms with van der Waals surface area (Å²) in [6, 6.07) is 15.5. The van der Waals surface area contributed by atoms with Gasteiger partial charge in [0.05, 0.1) is 5.52 Å². The largest absolute Gasteiger partial charge is 0.412 e. The number of nitrogens with one attached hydrogen (secondary N) is 1. The van der Waals surface area contributed by atoms with E-state index in [2.05, 4.69) is 16.4 Å². The van der Waals surface area contributed by atoms with Crippen molar-refractivity contribution in [2.24, 2.45) is 0 Å². The Morgan fingerprint density at radius 1 is 1.13 bits per heavy atom. The lowest BCUT2D eigenvalue weighted by Gasteiger charge is -2.11. The van der Waals surface area contributed by atoms with Crippen molar-refractivity contribution in [3.63, 3.8) is 0 Å². The molecule has 0 saturated heterocycles. The van der Waals surface area contributed by atoms with Gasteiger partial charge in [0.25, 0.3) is 0 Å². The average Bonchev–Trinajstić information content (AvgIpc) is 2.53. The van der Waals surface area contributed by atoms with Gasteiger partial charge >= 0.3 is 6.09 Å². The Balaban J connectivity index is 1.85. The van der Waals surface area contributed by atoms with Crippen molar-refractivity contribution in [2.75, 3.05) is 27.2 Å². The number of para-hydroxylation sites is 2. The van der Waals surface area contributed by atoms with Crippen LogP contribution in [0.25, 0.3) is 21.8 Å². The van der Waals surface area contributed by atoms with Gasteiger partial charge in [-0.1, -0.05) is 30.3 Å². The average molecular weight is 309 g/mol. The number of carbonyl (C=O) groups is 1. The van der Waals surface area contributed by atoms with Crippen LogP contribution in [-0.4, -0.2) is 43.2 Å². The molecule has 0 fully saturated rings. The van der Waals surface area contributed by atoms with Gasteiger partial charge in [-0.05, 0) is 32.3 Å². The van der Waals surface area contributed by atoms with Crippen molar-refractivity contribution in [3.8, 4) is 5.75 Å². The van der Waals surface area contributed by atoms with Gasteiger partial charge in [-0.25, -0.2) is 9.78 Å². The Labute approximate surface area is 134 Å². The Kier molecular flexibility index (Phi) is 4.39. The van der Waals surface area contributed by atoms with Crippen LogP contribution in [0.15, 0.2) is 48.5 Å². The van der Waals surface area contributed by atoms with Gasteiger partial charge in [0.1, 0.15) is 5.52 Å². The first-order valence-corrected chi connectivity index (χ1v) is 7.52. The number of benzene rings is 2. The number of rotatable bonds is 4. The number of hydrogen-bond donors (Lipinski definition) is 1. The fourth-order valence-electron chi connectivity index (χ4n) is 2.37. The van der Waals surface area contributed by atoms with Gasteiger partial charge in [0, 0.05) is 23.9 Å². The molecule has 1 heterocycles. The highest BCUT2D eigenvalue weighted by molar-refractivity contribution is 5.96. The van der Waals surface area contributed by atoms with E-state index in [0.29, 0.717) is 17.8 Å². The van der Waals surface area contributed by atoms with Crippen LogP contribution in [0.2, 0.25) is 0 Å². The third kappa shape index (κ3) is 3.57. The maximum absolute atomic E-state index is 11.9. The maximum Gasteiger partial charge on any atom is 0.412 e. The van der Waals surface area contributed by atoms with Crippen molar-refractivity contribution in [1.82, 2.24) is 15.2 Å². The van der Waals surface area contributed by atoms with Crippen molar-refractivity contribution >= 4 is 27.9 Å². The fraction of sp³-hybridized carbons (Fsp3) is 0.222. The zero-order valence-corrected chi connectivity index (χ0v) is 13.2. The summed E-state index contributed by atoms with van der Waals surface area (Å²) in [5.41, 5.74) is 1.57. The first kappa shape index (κ1) is 15.2. The highest BCUT2D eigenvalue weighted by Gasteiger charge is 2.10. The molecule has 1 amide bonds. The molecular weight excluding hydrogens is 290 g/mol. The molecule has 23 heavy (non-hydrogen) atoms. The quantitative estimate of drug-likeness (QED) is 0.753. The summed E-state index contributed by atoms with van der Waals surface area (Å²) in [6.45, 7) is 1.29. The smallest absolute Gasteiger partial charge is 0.408 e. The Morgan fingerprint density at radius 3 is 2.74 bits per heavy atom. The number of carbonyl (C=O) groups excluding carboxylic acids is 1. The van der Waals surface area contributed by atoms with E-state index in [0.717, 1.165) is 22.8 Å². The topological polar surface area (TPSA) is 54.5 Å². The maximum atomic E-state index is 11.9. The van der Waals surface area contributed by atoms with Crippen molar-refractivity contribution in [1.29, 1.82) is 0 Å². The van der Waals surface area contributed by atoms with Crippen LogP contribution in [0.5, 0.6) is 5.75 Å². The molecule has 5 heteroatoms. The highest BCUT2D eigenvalue weighted by Crippen LogP contribution is 2.27. The third-order valence-electron chi connectivity index (χ3n) is 3.54. The number of hydrogen-bond acceptors (Lipinski definition) is 4. The van der Waals surface area contributed by atoms with E-state index in [1.54, 1.807) is 6.07 Å². The molecule has 0 radical (unpaired) electrons. The molecule has 0 unspecified atom stereocenters. The molecule has 0 aliphatic carbocycles. The van der Waals surface area contributed by atoms with Crippen molar-refractivity contribution < 1.29 is 9.53 Å². The van der Waals surface area contributed by atoms with Crippen LogP contribution in [-0.2, 0) is 0 Å². The van der Waals surface area contributed by atoms with E-state index in [-0.39, 0.29) is 0 Å². The molecule has 1 aromatic heterocycles. The monoisotopic (exact) mass is 309 g/mol. The normalized spacial score (nSPS) is 11.1. The summed E-state index contributed by atoms with van der Waals surface area (Å²) in [5.74, 6) is 0.468. The van der Waals surface area contributed by atoms with Gasteiger partial charge in [0.2, 0.25) is 0 Å². The molecule has 118 valence electrons. The molecule has 2 aromatic carbocycles. The lowest BCUT2D eigenvalue weighted by atomic mass is 10.1. The number of nitrogens with zero attached hydrogens (tertiary/aromatic N) is 2. The van der Waals surface area contributed by atoms with Crippen LogP contribution >= 0.6 is 0 Å². The number of amides is 1. The SMILES string of the molecule is CN(C)CCNC(=O)Oc1cccc2cc3ccccc3nc12. The van der Waals surface area contributed by atoms with Gasteiger partial charge < -0.3 is 15.0 Å². The Hall–Kier alpha value is -2.66. The van der Waals surface area contributed by atoms with Gasteiger partial charge in [0.15, 0.2) is 5.75 Å². The molecule has 0 bridgehead atoms. The summed E-state index contributed by atoms with van der Waals surface area (Å²) in [5, 5.41) is 4.74. The minimum Gasteiger partial charge on any atom is -0.408 e. The molecule has 3 rings (SSSR count). The third-order valence-corrected chi connectivity index (χ3v) is 3.54. The van der Waals surface area contributed by atoms with Crippen molar-refractivity contribution in [2.45, 2.75) is 0 Å². The van der Waals surface area contributed by atoms with Gasteiger partial charge in [-0.2, -0.15) is 0 Å². The predicted octanol–water partition coefficient (Wildman–Crippen LogP) is 3.04. The predicted molar refractivity (Wildman–Crippen MR) is 91.8 cm³/mol. The molecule has 0 aliphatic rings. The summed E-state index contributed by atoms with van der Waals surface area (Å²) >= 11 is 0. The minimum absolute atomic E-state index is 0.464. The second kappa shape index (κ2) is 6.62. The second-order valence-electron chi connectivity index (χ2n) is 5.63. The second-order valence-corrected chi connectivity index (χ2v) is 5.63. The van der Waals surface area contributed by atoms with Crippen molar-refractivity contribution in [3.05, 3.63) is 48.5 Å². The van der Waals surface area contributed by atoms with Crippen LogP contribution in [0.3, 0.4) is 0 Å². The molecule has 3 aromatic rings. The standard InChI is InChI=1S/C18H19N3O2/c1-21(2)11-10-19-18(22)23-16-9-5-7-14-12-13-6-3-4-8-15(13)20-17(14)16/h3-9,12H,10-11H2,1-2H3,(H,19,22). The number of ether oxygens (including phenoxy) is 1. The lowest BCUT2D eigenvalue weighted by Crippen LogP contribution is -2.33. The van der Waals surface area contributed by atoms with Crippen LogP contribution in [0, 0.1) is 0 Å². The van der Waals surface area contributed by atoms with E-state index in [1.807, 2.05) is 55.4 Å². The summed E-state index contributed by atoms with van der Waals surface area (Å²) in [4.78, 5) is 18.5. The van der Waals surface area contributed by atoms with E-state index in [1.165, 1.54) is 0 Å². The fourth-order valence-corrected chi connectivity index (χ4v) is 2.37. The van der Waals surface area contributed by atoms with Crippen LogP contribution in [0.4, 0.5) is 4.79 Å². The highest BCUT2D eigenvalue weighted by atomic mass is 16.6. The first-order valence-electron chi connectivity index (χ1n) is 7.52. The van der Waals surface area contributed by atoms with Gasteiger partial charge in [-0.3, -0.25) is 0 Å². The molecular formula is C18H19N3O2. The molecule has 5 nitrogen and oxygen atoms in total. The van der Waals surface area contributed by atoms with E-state index in [4.69, 9.17) is 4.74 Å². The van der Waals surface area contributed by atoms with Gasteiger partial charge in [-0.15, -0.1) is 0 Å². The minimum atomic E-state index is -0.464.